The molecule has 1 aromatic rings. The third kappa shape index (κ3) is 2.12. The fourth-order valence-corrected chi connectivity index (χ4v) is 2.45. The number of aliphatic hydroxyl groups excluding tert-OH is 1. The van der Waals surface area contributed by atoms with E-state index < -0.39 is 4.92 Å². The van der Waals surface area contributed by atoms with Crippen LogP contribution in [0.15, 0.2) is 12.1 Å². The highest BCUT2D eigenvalue weighted by Crippen LogP contribution is 2.36. The number of benzene rings is 1. The van der Waals surface area contributed by atoms with Crippen molar-refractivity contribution in [1.29, 1.82) is 0 Å². The summed E-state index contributed by atoms with van der Waals surface area (Å²) in [4.78, 5) is 21.9. The van der Waals surface area contributed by atoms with Crippen LogP contribution >= 0.6 is 0 Å². The van der Waals surface area contributed by atoms with Gasteiger partial charge >= 0.3 is 0 Å². The Bertz CT molecular complexity index is 566. The van der Waals surface area contributed by atoms with Crippen molar-refractivity contribution in [3.05, 3.63) is 27.8 Å². The van der Waals surface area contributed by atoms with Gasteiger partial charge in [-0.25, -0.2) is 0 Å². The number of nitrogens with one attached hydrogen (secondary N) is 2. The maximum atomic E-state index is 11.3. The minimum atomic E-state index is -0.458. The number of aliphatic hydroxyl groups is 1. The minimum absolute atomic E-state index is 0.0309. The maximum Gasteiger partial charge on any atom is 0.292 e. The van der Waals surface area contributed by atoms with Crippen molar-refractivity contribution in [2.24, 2.45) is 0 Å². The monoisotopic (exact) mass is 263 g/mol. The van der Waals surface area contributed by atoms with Crippen LogP contribution in [-0.2, 0) is 11.2 Å². The molecule has 0 aromatic heterocycles. The van der Waals surface area contributed by atoms with E-state index in [-0.39, 0.29) is 30.2 Å². The summed E-state index contributed by atoms with van der Waals surface area (Å²) in [6, 6.07) is 3.08. The molecule has 1 fully saturated rings. The molecule has 1 amide bonds. The van der Waals surface area contributed by atoms with Gasteiger partial charge in [-0.05, 0) is 24.5 Å². The maximum absolute atomic E-state index is 11.3. The summed E-state index contributed by atoms with van der Waals surface area (Å²) < 4.78 is 0. The lowest BCUT2D eigenvalue weighted by atomic mass is 9.89. The van der Waals surface area contributed by atoms with E-state index in [1.165, 1.54) is 6.07 Å². The summed E-state index contributed by atoms with van der Waals surface area (Å²) in [5.74, 6) is -0.152. The molecule has 1 heterocycles. The zero-order valence-electron chi connectivity index (χ0n) is 10.0. The van der Waals surface area contributed by atoms with Crippen molar-refractivity contribution in [2.75, 3.05) is 10.6 Å². The summed E-state index contributed by atoms with van der Waals surface area (Å²) >= 11 is 0. The minimum Gasteiger partial charge on any atom is -0.393 e. The lowest BCUT2D eigenvalue weighted by Gasteiger charge is -2.32. The van der Waals surface area contributed by atoms with Gasteiger partial charge in [-0.15, -0.1) is 0 Å². The van der Waals surface area contributed by atoms with Gasteiger partial charge in [0.25, 0.3) is 5.69 Å². The average Bonchev–Trinajstić information content (AvgIpc) is 2.65. The Morgan fingerprint density at radius 1 is 1.42 bits per heavy atom. The third-order valence-electron chi connectivity index (χ3n) is 3.52. The number of hydrogen-bond acceptors (Lipinski definition) is 5. The van der Waals surface area contributed by atoms with Gasteiger partial charge < -0.3 is 15.7 Å². The van der Waals surface area contributed by atoms with Crippen LogP contribution in [0.2, 0.25) is 0 Å². The molecule has 2 aliphatic rings. The fraction of sp³-hybridized carbons (Fsp3) is 0.417. The van der Waals surface area contributed by atoms with Crippen LogP contribution in [-0.4, -0.2) is 28.1 Å². The highest BCUT2D eigenvalue weighted by Gasteiger charge is 2.30. The molecule has 3 N–H and O–H groups in total. The van der Waals surface area contributed by atoms with Crippen LogP contribution in [0.4, 0.5) is 17.1 Å². The van der Waals surface area contributed by atoms with Crippen LogP contribution in [0.25, 0.3) is 0 Å². The molecule has 0 atom stereocenters. The summed E-state index contributed by atoms with van der Waals surface area (Å²) in [5.41, 5.74) is 1.63. The van der Waals surface area contributed by atoms with Crippen molar-refractivity contribution < 1.29 is 14.8 Å². The molecular weight excluding hydrogens is 250 g/mol. The van der Waals surface area contributed by atoms with E-state index in [4.69, 9.17) is 0 Å². The molecule has 7 heteroatoms. The van der Waals surface area contributed by atoms with Crippen LogP contribution in [0.5, 0.6) is 0 Å². The van der Waals surface area contributed by atoms with Gasteiger partial charge in [-0.3, -0.25) is 14.9 Å². The molecule has 0 saturated heterocycles. The zero-order valence-corrected chi connectivity index (χ0v) is 10.0. The topological polar surface area (TPSA) is 104 Å². The van der Waals surface area contributed by atoms with Crippen molar-refractivity contribution in [3.63, 3.8) is 0 Å². The zero-order chi connectivity index (χ0) is 13.6. The standard InChI is InChI=1S/C12H13N3O4/c16-8-3-7(4-8)13-10-5-9-6(2-12(17)14-9)1-11(10)15(18)19/h1,5,7-8,13,16H,2-4H2,(H,14,17). The van der Waals surface area contributed by atoms with Gasteiger partial charge in [0.1, 0.15) is 5.69 Å². The number of hydrogen-bond donors (Lipinski definition) is 3. The van der Waals surface area contributed by atoms with E-state index in [0.29, 0.717) is 29.8 Å². The second-order valence-electron chi connectivity index (χ2n) is 4.98. The number of nitro groups is 1. The largest absolute Gasteiger partial charge is 0.393 e. The van der Waals surface area contributed by atoms with Gasteiger partial charge in [-0.1, -0.05) is 0 Å². The third-order valence-corrected chi connectivity index (χ3v) is 3.52. The molecule has 19 heavy (non-hydrogen) atoms. The molecule has 1 aliphatic carbocycles. The van der Waals surface area contributed by atoms with Crippen LogP contribution < -0.4 is 10.6 Å². The molecule has 1 saturated carbocycles. The summed E-state index contributed by atoms with van der Waals surface area (Å²) in [5, 5.41) is 26.0. The number of fused-ring (bicyclic) bond motifs is 1. The molecule has 1 aliphatic heterocycles. The van der Waals surface area contributed by atoms with E-state index in [2.05, 4.69) is 10.6 Å². The number of anilines is 2. The number of amides is 1. The van der Waals surface area contributed by atoms with Gasteiger partial charge in [0.15, 0.2) is 0 Å². The average molecular weight is 263 g/mol. The first-order valence-corrected chi connectivity index (χ1v) is 6.08. The molecule has 3 rings (SSSR count). The molecule has 7 nitrogen and oxygen atoms in total. The van der Waals surface area contributed by atoms with Crippen molar-refractivity contribution >= 4 is 23.0 Å². The Hall–Kier alpha value is -2.15. The second kappa shape index (κ2) is 4.20. The van der Waals surface area contributed by atoms with Crippen LogP contribution in [0.3, 0.4) is 0 Å². The number of nitro benzene ring substituents is 1. The first-order valence-electron chi connectivity index (χ1n) is 6.08. The molecule has 0 unspecified atom stereocenters. The first-order chi connectivity index (χ1) is 9.02. The Morgan fingerprint density at radius 3 is 2.79 bits per heavy atom. The molecular formula is C12H13N3O4. The van der Waals surface area contributed by atoms with Gasteiger partial charge in [0.05, 0.1) is 17.4 Å². The number of rotatable bonds is 3. The Labute approximate surface area is 108 Å². The van der Waals surface area contributed by atoms with Crippen molar-refractivity contribution in [1.82, 2.24) is 0 Å². The number of carbonyl (C=O) groups excluding carboxylic acids is 1. The van der Waals surface area contributed by atoms with Gasteiger partial charge in [0, 0.05) is 17.8 Å². The van der Waals surface area contributed by atoms with Gasteiger partial charge in [-0.2, -0.15) is 0 Å². The molecule has 0 radical (unpaired) electrons. The Kier molecular flexibility index (Phi) is 2.63. The number of carbonyl (C=O) groups is 1. The number of nitrogens with zero attached hydrogens (tertiary/aromatic N) is 1. The van der Waals surface area contributed by atoms with Crippen molar-refractivity contribution in [3.8, 4) is 0 Å². The van der Waals surface area contributed by atoms with E-state index in [9.17, 15) is 20.0 Å². The van der Waals surface area contributed by atoms with Crippen LogP contribution in [0.1, 0.15) is 18.4 Å². The SMILES string of the molecule is O=C1Cc2cc([N+](=O)[O-])c(NC3CC(O)C3)cc2N1. The Morgan fingerprint density at radius 2 is 2.16 bits per heavy atom. The highest BCUT2D eigenvalue weighted by molar-refractivity contribution is 6.00. The quantitative estimate of drug-likeness (QED) is 0.558. The lowest BCUT2D eigenvalue weighted by molar-refractivity contribution is -0.384. The van der Waals surface area contributed by atoms with Crippen molar-refractivity contribution in [2.45, 2.75) is 31.4 Å². The predicted molar refractivity (Wildman–Crippen MR) is 68.1 cm³/mol. The molecule has 0 spiro atoms. The first kappa shape index (κ1) is 11.9. The smallest absolute Gasteiger partial charge is 0.292 e. The van der Waals surface area contributed by atoms with E-state index in [1.807, 2.05) is 0 Å². The predicted octanol–water partition coefficient (Wildman–Crippen LogP) is 1.02. The molecule has 0 bridgehead atoms. The Balaban J connectivity index is 1.91. The van der Waals surface area contributed by atoms with E-state index >= 15 is 0 Å². The second-order valence-corrected chi connectivity index (χ2v) is 4.98. The van der Waals surface area contributed by atoms with Crippen LogP contribution in [0, 0.1) is 10.1 Å². The summed E-state index contributed by atoms with van der Waals surface area (Å²) in [7, 11) is 0. The van der Waals surface area contributed by atoms with Gasteiger partial charge in [0.2, 0.25) is 5.91 Å². The van der Waals surface area contributed by atoms with E-state index in [1.54, 1.807) is 6.07 Å². The molecule has 1 aromatic carbocycles. The normalized spacial score (nSPS) is 24.4. The summed E-state index contributed by atoms with van der Waals surface area (Å²) in [6.45, 7) is 0. The van der Waals surface area contributed by atoms with E-state index in [0.717, 1.165) is 0 Å². The fourth-order valence-electron chi connectivity index (χ4n) is 2.45. The lowest BCUT2D eigenvalue weighted by Crippen LogP contribution is -2.39. The highest BCUT2D eigenvalue weighted by atomic mass is 16.6. The summed E-state index contributed by atoms with van der Waals surface area (Å²) in [6.07, 6.45) is 1.02. The molecule has 100 valence electrons.